The van der Waals surface area contributed by atoms with E-state index in [-0.39, 0.29) is 12.5 Å². The van der Waals surface area contributed by atoms with Crippen LogP contribution < -0.4 is 0 Å². The topological polar surface area (TPSA) is 40.5 Å². The maximum absolute atomic E-state index is 9.95. The quantitative estimate of drug-likeness (QED) is 0.656. The van der Waals surface area contributed by atoms with Gasteiger partial charge >= 0.3 is 0 Å². The first kappa shape index (κ1) is 10.7. The molecule has 0 radical (unpaired) electrons. The predicted molar refractivity (Wildman–Crippen MR) is 53.4 cm³/mol. The average Bonchev–Trinajstić information content (AvgIpc) is 2.28. The second-order valence-electron chi connectivity index (χ2n) is 4.42. The Balaban J connectivity index is 2.59. The highest BCUT2D eigenvalue weighted by Gasteiger charge is 2.41. The summed E-state index contributed by atoms with van der Waals surface area (Å²) in [6.45, 7) is 8.10. The first-order valence-electron chi connectivity index (χ1n) is 5.00. The Morgan fingerprint density at radius 1 is 1.62 bits per heavy atom. The summed E-state index contributed by atoms with van der Waals surface area (Å²) in [6, 6.07) is 0. The van der Waals surface area contributed by atoms with E-state index < -0.39 is 5.60 Å². The van der Waals surface area contributed by atoms with Crippen molar-refractivity contribution >= 4 is 0 Å². The van der Waals surface area contributed by atoms with E-state index in [1.807, 2.05) is 6.92 Å². The van der Waals surface area contributed by atoms with Gasteiger partial charge in [0.2, 0.25) is 0 Å². The molecular weight excluding hydrogens is 164 g/mol. The van der Waals surface area contributed by atoms with Gasteiger partial charge < -0.3 is 10.2 Å². The summed E-state index contributed by atoms with van der Waals surface area (Å²) >= 11 is 0. The second-order valence-corrected chi connectivity index (χ2v) is 4.42. The van der Waals surface area contributed by atoms with E-state index in [0.29, 0.717) is 12.3 Å². The lowest BCUT2D eigenvalue weighted by atomic mass is 9.84. The molecule has 76 valence electrons. The van der Waals surface area contributed by atoms with Crippen molar-refractivity contribution in [3.8, 4) is 0 Å². The minimum atomic E-state index is -0.539. The fourth-order valence-corrected chi connectivity index (χ4v) is 2.25. The van der Waals surface area contributed by atoms with E-state index >= 15 is 0 Å². The molecule has 2 nitrogen and oxygen atoms in total. The Hall–Kier alpha value is -0.340. The number of hydrogen-bond acceptors (Lipinski definition) is 2. The van der Waals surface area contributed by atoms with Crippen molar-refractivity contribution in [2.75, 3.05) is 6.61 Å². The standard InChI is InChI=1S/C11H20O2/c1-8(5-7-12)10-4-6-11(3,13)9(10)2/h9-10,12-13H,1,4-7H2,2-3H3. The predicted octanol–water partition coefficient (Wildman–Crippen LogP) is 1.72. The van der Waals surface area contributed by atoms with Gasteiger partial charge in [0.05, 0.1) is 5.60 Å². The molecule has 0 aromatic carbocycles. The van der Waals surface area contributed by atoms with E-state index in [4.69, 9.17) is 5.11 Å². The number of aliphatic hydroxyl groups is 2. The molecule has 2 heteroatoms. The molecule has 0 aromatic rings. The molecular formula is C11H20O2. The Morgan fingerprint density at radius 3 is 2.62 bits per heavy atom. The molecule has 1 saturated carbocycles. The van der Waals surface area contributed by atoms with Crippen LogP contribution in [-0.2, 0) is 0 Å². The maximum atomic E-state index is 9.95. The Labute approximate surface area is 80.3 Å². The van der Waals surface area contributed by atoms with Crippen molar-refractivity contribution < 1.29 is 10.2 Å². The zero-order valence-corrected chi connectivity index (χ0v) is 8.58. The normalized spacial score (nSPS) is 39.4. The van der Waals surface area contributed by atoms with Crippen molar-refractivity contribution in [2.45, 2.75) is 38.7 Å². The minimum Gasteiger partial charge on any atom is -0.396 e. The van der Waals surface area contributed by atoms with E-state index in [9.17, 15) is 5.11 Å². The molecule has 0 bridgehead atoms. The molecule has 0 heterocycles. The first-order chi connectivity index (χ1) is 5.99. The molecule has 1 aliphatic rings. The Morgan fingerprint density at radius 2 is 2.23 bits per heavy atom. The number of aliphatic hydroxyl groups excluding tert-OH is 1. The third-order valence-electron chi connectivity index (χ3n) is 3.50. The van der Waals surface area contributed by atoms with Crippen molar-refractivity contribution in [3.05, 3.63) is 12.2 Å². The lowest BCUT2D eigenvalue weighted by molar-refractivity contribution is 0.0213. The lowest BCUT2D eigenvalue weighted by Gasteiger charge is -2.26. The van der Waals surface area contributed by atoms with Gasteiger partial charge in [-0.05, 0) is 38.0 Å². The lowest BCUT2D eigenvalue weighted by Crippen LogP contribution is -2.29. The summed E-state index contributed by atoms with van der Waals surface area (Å²) in [7, 11) is 0. The van der Waals surface area contributed by atoms with Crippen LogP contribution in [0, 0.1) is 11.8 Å². The molecule has 1 fully saturated rings. The highest BCUT2D eigenvalue weighted by atomic mass is 16.3. The third kappa shape index (κ3) is 2.12. The van der Waals surface area contributed by atoms with Crippen LogP contribution in [0.25, 0.3) is 0 Å². The van der Waals surface area contributed by atoms with Gasteiger partial charge in [0, 0.05) is 6.61 Å². The van der Waals surface area contributed by atoms with Crippen LogP contribution in [0.2, 0.25) is 0 Å². The van der Waals surface area contributed by atoms with Crippen LogP contribution in [0.5, 0.6) is 0 Å². The van der Waals surface area contributed by atoms with Crippen LogP contribution in [0.1, 0.15) is 33.1 Å². The average molecular weight is 184 g/mol. The van der Waals surface area contributed by atoms with Crippen LogP contribution in [0.3, 0.4) is 0 Å². The van der Waals surface area contributed by atoms with Gasteiger partial charge in [0.15, 0.2) is 0 Å². The molecule has 0 aliphatic heterocycles. The van der Waals surface area contributed by atoms with Crippen LogP contribution in [0.4, 0.5) is 0 Å². The fourth-order valence-electron chi connectivity index (χ4n) is 2.25. The zero-order chi connectivity index (χ0) is 10.1. The van der Waals surface area contributed by atoms with Gasteiger partial charge in [0.25, 0.3) is 0 Å². The van der Waals surface area contributed by atoms with Gasteiger partial charge in [-0.25, -0.2) is 0 Å². The maximum Gasteiger partial charge on any atom is 0.0651 e. The number of rotatable bonds is 3. The summed E-state index contributed by atoms with van der Waals surface area (Å²) in [5, 5.41) is 18.7. The van der Waals surface area contributed by atoms with Gasteiger partial charge in [-0.15, -0.1) is 0 Å². The molecule has 2 N–H and O–H groups in total. The van der Waals surface area contributed by atoms with E-state index in [1.54, 1.807) is 0 Å². The molecule has 0 spiro atoms. The van der Waals surface area contributed by atoms with Crippen LogP contribution in [0.15, 0.2) is 12.2 Å². The molecule has 1 aliphatic carbocycles. The largest absolute Gasteiger partial charge is 0.396 e. The van der Waals surface area contributed by atoms with Gasteiger partial charge in [-0.3, -0.25) is 0 Å². The molecule has 1 rings (SSSR count). The van der Waals surface area contributed by atoms with E-state index in [1.165, 1.54) is 0 Å². The highest BCUT2D eigenvalue weighted by molar-refractivity contribution is 5.09. The summed E-state index contributed by atoms with van der Waals surface area (Å²) < 4.78 is 0. The summed E-state index contributed by atoms with van der Waals surface area (Å²) in [4.78, 5) is 0. The Bertz CT molecular complexity index is 196. The molecule has 0 aromatic heterocycles. The highest BCUT2D eigenvalue weighted by Crippen LogP contribution is 2.43. The molecule has 0 amide bonds. The molecule has 13 heavy (non-hydrogen) atoms. The second kappa shape index (κ2) is 3.81. The van der Waals surface area contributed by atoms with Crippen molar-refractivity contribution in [1.82, 2.24) is 0 Å². The fraction of sp³-hybridized carbons (Fsp3) is 0.818. The third-order valence-corrected chi connectivity index (χ3v) is 3.50. The first-order valence-corrected chi connectivity index (χ1v) is 5.00. The Kier molecular flexibility index (Phi) is 3.14. The van der Waals surface area contributed by atoms with Crippen LogP contribution >= 0.6 is 0 Å². The van der Waals surface area contributed by atoms with E-state index in [2.05, 4.69) is 13.5 Å². The van der Waals surface area contributed by atoms with Gasteiger partial charge in [-0.1, -0.05) is 19.1 Å². The summed E-state index contributed by atoms with van der Waals surface area (Å²) in [5.74, 6) is 0.661. The monoisotopic (exact) mass is 184 g/mol. The molecule has 3 unspecified atom stereocenters. The van der Waals surface area contributed by atoms with Crippen molar-refractivity contribution in [1.29, 1.82) is 0 Å². The van der Waals surface area contributed by atoms with Crippen molar-refractivity contribution in [3.63, 3.8) is 0 Å². The number of hydrogen-bond donors (Lipinski definition) is 2. The SMILES string of the molecule is C=C(CCO)C1CCC(C)(O)C1C. The summed E-state index contributed by atoms with van der Waals surface area (Å²) in [5.41, 5.74) is 0.552. The zero-order valence-electron chi connectivity index (χ0n) is 8.58. The summed E-state index contributed by atoms with van der Waals surface area (Å²) in [6.07, 6.45) is 2.53. The van der Waals surface area contributed by atoms with E-state index in [0.717, 1.165) is 18.4 Å². The smallest absolute Gasteiger partial charge is 0.0651 e. The molecule has 0 saturated heterocycles. The minimum absolute atomic E-state index is 0.171. The molecule has 3 atom stereocenters. The van der Waals surface area contributed by atoms with Crippen molar-refractivity contribution in [2.24, 2.45) is 11.8 Å². The van der Waals surface area contributed by atoms with Crippen LogP contribution in [-0.4, -0.2) is 22.4 Å². The van der Waals surface area contributed by atoms with Gasteiger partial charge in [-0.2, -0.15) is 0 Å². The van der Waals surface area contributed by atoms with Gasteiger partial charge in [0.1, 0.15) is 0 Å².